The SMILES string of the molecule is NC(=O)C(NC(=O)c1cc(=O)[nH]c2ccccc12)c1ccccc1. The molecule has 6 nitrogen and oxygen atoms in total. The maximum atomic E-state index is 12.6. The molecule has 2 amide bonds. The Morgan fingerprint density at radius 2 is 1.67 bits per heavy atom. The van der Waals surface area contributed by atoms with E-state index in [4.69, 9.17) is 5.73 Å². The summed E-state index contributed by atoms with van der Waals surface area (Å²) in [6.45, 7) is 0. The summed E-state index contributed by atoms with van der Waals surface area (Å²) in [4.78, 5) is 38.8. The summed E-state index contributed by atoms with van der Waals surface area (Å²) in [6.07, 6.45) is 0. The predicted molar refractivity (Wildman–Crippen MR) is 90.4 cm³/mol. The Hall–Kier alpha value is -3.41. The molecule has 1 heterocycles. The second-order valence-electron chi connectivity index (χ2n) is 5.31. The molecule has 3 rings (SSSR count). The van der Waals surface area contributed by atoms with E-state index in [2.05, 4.69) is 10.3 Å². The zero-order chi connectivity index (χ0) is 17.1. The van der Waals surface area contributed by atoms with E-state index in [1.54, 1.807) is 54.6 Å². The van der Waals surface area contributed by atoms with E-state index in [0.29, 0.717) is 16.5 Å². The number of fused-ring (bicyclic) bond motifs is 1. The van der Waals surface area contributed by atoms with Gasteiger partial charge in [-0.3, -0.25) is 14.4 Å². The summed E-state index contributed by atoms with van der Waals surface area (Å²) in [5.41, 5.74) is 6.34. The largest absolute Gasteiger partial charge is 0.368 e. The average molecular weight is 321 g/mol. The lowest BCUT2D eigenvalue weighted by Gasteiger charge is -2.16. The van der Waals surface area contributed by atoms with Crippen molar-refractivity contribution in [1.29, 1.82) is 0 Å². The smallest absolute Gasteiger partial charge is 0.253 e. The third-order valence-electron chi connectivity index (χ3n) is 3.69. The highest BCUT2D eigenvalue weighted by Crippen LogP contribution is 2.17. The van der Waals surface area contributed by atoms with Crippen LogP contribution in [0.15, 0.2) is 65.5 Å². The van der Waals surface area contributed by atoms with E-state index in [-0.39, 0.29) is 5.56 Å². The van der Waals surface area contributed by atoms with Crippen LogP contribution in [0.1, 0.15) is 22.0 Å². The van der Waals surface area contributed by atoms with Crippen LogP contribution >= 0.6 is 0 Å². The Bertz CT molecular complexity index is 964. The van der Waals surface area contributed by atoms with Crippen molar-refractivity contribution in [3.8, 4) is 0 Å². The van der Waals surface area contributed by atoms with Crippen LogP contribution in [0.3, 0.4) is 0 Å². The van der Waals surface area contributed by atoms with Crippen LogP contribution in [0.25, 0.3) is 10.9 Å². The van der Waals surface area contributed by atoms with Crippen molar-refractivity contribution in [3.63, 3.8) is 0 Å². The number of rotatable bonds is 4. The van der Waals surface area contributed by atoms with Crippen molar-refractivity contribution in [2.45, 2.75) is 6.04 Å². The molecular formula is C18H15N3O3. The van der Waals surface area contributed by atoms with Gasteiger partial charge in [0.15, 0.2) is 0 Å². The van der Waals surface area contributed by atoms with Crippen LogP contribution in [-0.2, 0) is 4.79 Å². The molecule has 0 fully saturated rings. The summed E-state index contributed by atoms with van der Waals surface area (Å²) < 4.78 is 0. The number of hydrogen-bond acceptors (Lipinski definition) is 3. The van der Waals surface area contributed by atoms with Crippen molar-refractivity contribution in [2.75, 3.05) is 0 Å². The van der Waals surface area contributed by atoms with Crippen molar-refractivity contribution < 1.29 is 9.59 Å². The molecule has 0 saturated carbocycles. The van der Waals surface area contributed by atoms with E-state index in [0.717, 1.165) is 0 Å². The van der Waals surface area contributed by atoms with Crippen LogP contribution in [0.2, 0.25) is 0 Å². The van der Waals surface area contributed by atoms with Gasteiger partial charge >= 0.3 is 0 Å². The van der Waals surface area contributed by atoms with Crippen molar-refractivity contribution in [1.82, 2.24) is 10.3 Å². The van der Waals surface area contributed by atoms with Gasteiger partial charge in [-0.05, 0) is 11.6 Å². The minimum atomic E-state index is -0.975. The molecule has 1 unspecified atom stereocenters. The monoisotopic (exact) mass is 321 g/mol. The normalized spacial score (nSPS) is 11.8. The molecule has 2 aromatic carbocycles. The molecule has 0 spiro atoms. The van der Waals surface area contributed by atoms with Gasteiger partial charge < -0.3 is 16.0 Å². The standard InChI is InChI=1S/C18H15N3O3/c19-17(23)16(11-6-2-1-3-7-11)21-18(24)13-10-15(22)20-14-9-5-4-8-12(13)14/h1-10,16H,(H2,19,23)(H,20,22)(H,21,24). The molecule has 4 N–H and O–H groups in total. The molecule has 3 aromatic rings. The number of carbonyl (C=O) groups is 2. The van der Waals surface area contributed by atoms with Crippen molar-refractivity contribution >= 4 is 22.7 Å². The molecule has 0 radical (unpaired) electrons. The number of carbonyl (C=O) groups excluding carboxylic acids is 2. The topological polar surface area (TPSA) is 105 Å². The lowest BCUT2D eigenvalue weighted by atomic mass is 10.0. The molecule has 6 heteroatoms. The van der Waals surface area contributed by atoms with Crippen LogP contribution in [0.5, 0.6) is 0 Å². The Balaban J connectivity index is 2.00. The number of pyridine rings is 1. The van der Waals surface area contributed by atoms with Crippen molar-refractivity contribution in [2.24, 2.45) is 5.73 Å². The summed E-state index contributed by atoms with van der Waals surface area (Å²) in [5, 5.41) is 3.19. The first-order chi connectivity index (χ1) is 11.6. The van der Waals surface area contributed by atoms with Crippen LogP contribution in [0, 0.1) is 0 Å². The summed E-state index contributed by atoms with van der Waals surface area (Å²) in [7, 11) is 0. The third kappa shape index (κ3) is 3.03. The van der Waals surface area contributed by atoms with Crippen molar-refractivity contribution in [3.05, 3.63) is 82.1 Å². The van der Waals surface area contributed by atoms with E-state index < -0.39 is 23.4 Å². The number of nitrogens with one attached hydrogen (secondary N) is 2. The molecule has 1 aromatic heterocycles. The Morgan fingerprint density at radius 3 is 2.38 bits per heavy atom. The molecule has 24 heavy (non-hydrogen) atoms. The predicted octanol–water partition coefficient (Wildman–Crippen LogP) is 1.48. The molecule has 0 aliphatic carbocycles. The number of nitrogens with two attached hydrogens (primary N) is 1. The van der Waals surface area contributed by atoms with Gasteiger partial charge in [0.1, 0.15) is 6.04 Å². The molecule has 1 atom stereocenters. The fourth-order valence-electron chi connectivity index (χ4n) is 2.57. The lowest BCUT2D eigenvalue weighted by Crippen LogP contribution is -2.37. The van der Waals surface area contributed by atoms with Gasteiger partial charge in [-0.25, -0.2) is 0 Å². The average Bonchev–Trinajstić information content (AvgIpc) is 2.59. The Labute approximate surface area is 137 Å². The number of aromatic amines is 1. The number of aromatic nitrogens is 1. The van der Waals surface area contributed by atoms with Gasteiger partial charge in [0.05, 0.1) is 5.56 Å². The number of hydrogen-bond donors (Lipinski definition) is 3. The third-order valence-corrected chi connectivity index (χ3v) is 3.69. The molecule has 120 valence electrons. The summed E-state index contributed by atoms with van der Waals surface area (Å²) in [6, 6.07) is 15.9. The van der Waals surface area contributed by atoms with Crippen LogP contribution in [-0.4, -0.2) is 16.8 Å². The summed E-state index contributed by atoms with van der Waals surface area (Å²) >= 11 is 0. The van der Waals surface area contributed by atoms with Gasteiger partial charge in [0.25, 0.3) is 5.91 Å². The zero-order valence-corrected chi connectivity index (χ0v) is 12.7. The van der Waals surface area contributed by atoms with E-state index in [9.17, 15) is 14.4 Å². The summed E-state index contributed by atoms with van der Waals surface area (Å²) in [5.74, 6) is -1.21. The van der Waals surface area contributed by atoms with Gasteiger partial charge in [0, 0.05) is 17.0 Å². The first kappa shape index (κ1) is 15.5. The first-order valence-corrected chi connectivity index (χ1v) is 7.33. The number of para-hydroxylation sites is 1. The van der Waals surface area contributed by atoms with Gasteiger partial charge in [-0.15, -0.1) is 0 Å². The second kappa shape index (κ2) is 6.37. The highest BCUT2D eigenvalue weighted by Gasteiger charge is 2.22. The Morgan fingerprint density at radius 1 is 1.00 bits per heavy atom. The second-order valence-corrected chi connectivity index (χ2v) is 5.31. The van der Waals surface area contributed by atoms with Gasteiger partial charge in [-0.2, -0.15) is 0 Å². The van der Waals surface area contributed by atoms with E-state index in [1.807, 2.05) is 0 Å². The lowest BCUT2D eigenvalue weighted by molar-refractivity contribution is -0.120. The number of H-pyrrole nitrogens is 1. The van der Waals surface area contributed by atoms with E-state index >= 15 is 0 Å². The fourth-order valence-corrected chi connectivity index (χ4v) is 2.57. The molecule has 0 aliphatic heterocycles. The minimum Gasteiger partial charge on any atom is -0.368 e. The molecule has 0 bridgehead atoms. The zero-order valence-electron chi connectivity index (χ0n) is 12.7. The fraction of sp³-hybridized carbons (Fsp3) is 0.0556. The van der Waals surface area contributed by atoms with Gasteiger partial charge in [0.2, 0.25) is 11.5 Å². The molecule has 0 saturated heterocycles. The highest BCUT2D eigenvalue weighted by molar-refractivity contribution is 6.07. The highest BCUT2D eigenvalue weighted by atomic mass is 16.2. The quantitative estimate of drug-likeness (QED) is 0.678. The maximum absolute atomic E-state index is 12.6. The number of benzene rings is 2. The number of amides is 2. The van der Waals surface area contributed by atoms with Crippen LogP contribution < -0.4 is 16.6 Å². The van der Waals surface area contributed by atoms with E-state index in [1.165, 1.54) is 6.07 Å². The molecule has 0 aliphatic rings. The Kier molecular flexibility index (Phi) is 4.11. The van der Waals surface area contributed by atoms with Crippen LogP contribution in [0.4, 0.5) is 0 Å². The molecular weight excluding hydrogens is 306 g/mol. The van der Waals surface area contributed by atoms with Gasteiger partial charge in [-0.1, -0.05) is 48.5 Å². The maximum Gasteiger partial charge on any atom is 0.253 e. The minimum absolute atomic E-state index is 0.191. The number of primary amides is 1. The first-order valence-electron chi connectivity index (χ1n) is 7.33.